The maximum absolute atomic E-state index is 12.9. The van der Waals surface area contributed by atoms with Crippen molar-refractivity contribution < 1.29 is 9.48 Å². The van der Waals surface area contributed by atoms with Crippen molar-refractivity contribution in [3.8, 4) is 5.75 Å². The Morgan fingerprint density at radius 1 is 0.926 bits per heavy atom. The Hall–Kier alpha value is -3.31. The minimum Gasteiger partial charge on any atom is -0.758 e. The number of hydrogen-bond acceptors (Lipinski definition) is 4. The van der Waals surface area contributed by atoms with Crippen LogP contribution in [0.4, 0.5) is 5.69 Å². The Morgan fingerprint density at radius 2 is 1.52 bits per heavy atom. The Kier molecular flexibility index (Phi) is 6.07. The molecule has 3 rings (SSSR count). The summed E-state index contributed by atoms with van der Waals surface area (Å²) in [6, 6.07) is 24.8. The van der Waals surface area contributed by atoms with E-state index in [1.54, 1.807) is 31.4 Å². The molecule has 0 radical (unpaired) electrons. The highest BCUT2D eigenvalue weighted by atomic mass is 16.5. The number of ether oxygens (including phenoxy) is 1. The number of nitrogens with zero attached hydrogens (tertiary/aromatic N) is 2. The highest BCUT2D eigenvalue weighted by Gasteiger charge is 2.20. The zero-order chi connectivity index (χ0) is 19.1. The van der Waals surface area contributed by atoms with Crippen molar-refractivity contribution in [3.63, 3.8) is 0 Å². The van der Waals surface area contributed by atoms with Gasteiger partial charge in [0.25, 0.3) is 0 Å². The molecule has 1 atom stereocenters. The third-order valence-corrected chi connectivity index (χ3v) is 4.27. The summed E-state index contributed by atoms with van der Waals surface area (Å²) in [4.78, 5) is 0. The quantitative estimate of drug-likeness (QED) is 0.271. The minimum absolute atomic E-state index is 0.00315. The summed E-state index contributed by atoms with van der Waals surface area (Å²) in [7, 11) is 1.57. The molecule has 5 nitrogen and oxygen atoms in total. The van der Waals surface area contributed by atoms with E-state index < -0.39 is 6.04 Å². The summed E-state index contributed by atoms with van der Waals surface area (Å²) in [6.45, 7) is 0.00315. The molecule has 0 N–H and O–H groups in total. The summed E-state index contributed by atoms with van der Waals surface area (Å²) in [5.74, 6) is 0.676. The lowest BCUT2D eigenvalue weighted by atomic mass is 10.1. The molecule has 0 heterocycles. The fourth-order valence-electron chi connectivity index (χ4n) is 2.79. The zero-order valence-corrected chi connectivity index (χ0v) is 15.1. The Balaban J connectivity index is 1.87. The number of anilines is 1. The van der Waals surface area contributed by atoms with Gasteiger partial charge in [-0.2, -0.15) is 0 Å². The molecule has 1 unspecified atom stereocenters. The van der Waals surface area contributed by atoms with Crippen LogP contribution < -0.4 is 9.80 Å². The highest BCUT2D eigenvalue weighted by Crippen LogP contribution is 2.23. The smallest absolute Gasteiger partial charge is 0.204 e. The van der Waals surface area contributed by atoms with E-state index >= 15 is 0 Å². The second kappa shape index (κ2) is 8.87. The molecule has 0 spiro atoms. The van der Waals surface area contributed by atoms with E-state index in [2.05, 4.69) is 0 Å². The number of rotatable bonds is 7. The van der Waals surface area contributed by atoms with Gasteiger partial charge in [-0.15, -0.1) is 0 Å². The fourth-order valence-corrected chi connectivity index (χ4v) is 2.79. The van der Waals surface area contributed by atoms with Crippen LogP contribution in [0.1, 0.15) is 17.2 Å². The summed E-state index contributed by atoms with van der Waals surface area (Å²) >= 11 is 0. The van der Waals surface area contributed by atoms with E-state index in [-0.39, 0.29) is 6.54 Å². The molecule has 27 heavy (non-hydrogen) atoms. The SMILES string of the molecule is COc1ccc(N([O-])CC(c2ccccc2)/[N+]([O-])=C/c2ccccc2)cc1. The maximum Gasteiger partial charge on any atom is 0.204 e. The zero-order valence-electron chi connectivity index (χ0n) is 15.1. The molecule has 0 aliphatic heterocycles. The van der Waals surface area contributed by atoms with Gasteiger partial charge in [-0.3, -0.25) is 0 Å². The van der Waals surface area contributed by atoms with Gasteiger partial charge in [-0.05, 0) is 36.4 Å². The summed E-state index contributed by atoms with van der Waals surface area (Å²) in [5.41, 5.74) is 2.05. The number of hydrogen-bond donors (Lipinski definition) is 0. The molecule has 0 aliphatic carbocycles. The molecule has 0 saturated heterocycles. The molecule has 3 aromatic rings. The highest BCUT2D eigenvalue weighted by molar-refractivity contribution is 5.75. The first-order chi connectivity index (χ1) is 13.2. The van der Waals surface area contributed by atoms with E-state index in [0.29, 0.717) is 11.4 Å². The first-order valence-electron chi connectivity index (χ1n) is 8.66. The molecule has 0 aliphatic rings. The normalized spacial score (nSPS) is 12.4. The predicted molar refractivity (Wildman–Crippen MR) is 108 cm³/mol. The lowest BCUT2D eigenvalue weighted by Gasteiger charge is -2.33. The van der Waals surface area contributed by atoms with Gasteiger partial charge in [0.1, 0.15) is 5.75 Å². The molecule has 0 fully saturated rings. The topological polar surface area (TPSA) is 61.6 Å². The van der Waals surface area contributed by atoms with Crippen molar-refractivity contribution in [3.05, 3.63) is 106 Å². The van der Waals surface area contributed by atoms with Gasteiger partial charge < -0.3 is 20.2 Å². The van der Waals surface area contributed by atoms with Crippen LogP contribution in [0.15, 0.2) is 84.9 Å². The number of hydroxylamine groups is 2. The van der Waals surface area contributed by atoms with Gasteiger partial charge in [0.2, 0.25) is 6.04 Å². The Morgan fingerprint density at radius 3 is 2.11 bits per heavy atom. The average Bonchev–Trinajstić information content (AvgIpc) is 2.73. The molecule has 138 valence electrons. The van der Waals surface area contributed by atoms with Crippen LogP contribution in [0, 0.1) is 10.4 Å². The molecule has 5 heteroatoms. The van der Waals surface area contributed by atoms with Gasteiger partial charge in [-0.25, -0.2) is 4.74 Å². The molecule has 0 bridgehead atoms. The first-order valence-corrected chi connectivity index (χ1v) is 8.66. The summed E-state index contributed by atoms with van der Waals surface area (Å²) < 4.78 is 5.97. The van der Waals surface area contributed by atoms with Gasteiger partial charge in [0.05, 0.1) is 13.7 Å². The minimum atomic E-state index is -0.633. The summed E-state index contributed by atoms with van der Waals surface area (Å²) in [6.07, 6.45) is 1.51. The standard InChI is InChI=1S/C22H21N2O3/c1-27-21-14-12-20(13-15-21)23(25)17-22(19-10-6-3-7-11-19)24(26)16-18-8-4-2-5-9-18/h2-16,22H,17H2,1H3/q-1/b24-16-. The second-order valence-electron chi connectivity index (χ2n) is 6.09. The van der Waals surface area contributed by atoms with E-state index in [9.17, 15) is 10.4 Å². The van der Waals surface area contributed by atoms with Crippen molar-refractivity contribution in [1.29, 1.82) is 0 Å². The van der Waals surface area contributed by atoms with Gasteiger partial charge >= 0.3 is 0 Å². The third-order valence-electron chi connectivity index (χ3n) is 4.27. The average molecular weight is 361 g/mol. The van der Waals surface area contributed by atoms with E-state index in [1.165, 1.54) is 6.21 Å². The second-order valence-corrected chi connectivity index (χ2v) is 6.09. The Labute approximate surface area is 158 Å². The monoisotopic (exact) mass is 361 g/mol. The van der Waals surface area contributed by atoms with E-state index in [4.69, 9.17) is 4.74 Å². The van der Waals surface area contributed by atoms with Crippen LogP contribution in [0.5, 0.6) is 5.75 Å². The van der Waals surface area contributed by atoms with Crippen LogP contribution in [-0.2, 0) is 0 Å². The van der Waals surface area contributed by atoms with Crippen molar-refractivity contribution >= 4 is 11.9 Å². The maximum atomic E-state index is 12.9. The summed E-state index contributed by atoms with van der Waals surface area (Å²) in [5, 5.41) is 26.4. The van der Waals surface area contributed by atoms with Gasteiger partial charge in [0.15, 0.2) is 6.21 Å². The van der Waals surface area contributed by atoms with Crippen molar-refractivity contribution in [1.82, 2.24) is 0 Å². The van der Waals surface area contributed by atoms with Gasteiger partial charge in [-0.1, -0.05) is 48.5 Å². The molecule has 3 aromatic carbocycles. The largest absolute Gasteiger partial charge is 0.758 e. The molecule has 0 aromatic heterocycles. The Bertz CT molecular complexity index is 865. The number of methoxy groups -OCH3 is 1. The lowest BCUT2D eigenvalue weighted by Crippen LogP contribution is -2.28. The third kappa shape index (κ3) is 4.86. The van der Waals surface area contributed by atoms with Gasteiger partial charge in [0, 0.05) is 16.8 Å². The molecule has 0 amide bonds. The van der Waals surface area contributed by atoms with E-state index in [0.717, 1.165) is 20.9 Å². The molecular weight excluding hydrogens is 340 g/mol. The van der Waals surface area contributed by atoms with Crippen LogP contribution in [-0.4, -0.2) is 24.6 Å². The predicted octanol–water partition coefficient (Wildman–Crippen LogP) is 4.37. The molecule has 0 saturated carbocycles. The first kappa shape index (κ1) is 18.5. The van der Waals surface area contributed by atoms with Crippen molar-refractivity contribution in [2.45, 2.75) is 6.04 Å². The van der Waals surface area contributed by atoms with E-state index in [1.807, 2.05) is 60.7 Å². The fraction of sp³-hybridized carbons (Fsp3) is 0.136. The van der Waals surface area contributed by atoms with Crippen LogP contribution in [0.2, 0.25) is 0 Å². The van der Waals surface area contributed by atoms with Crippen LogP contribution in [0.25, 0.3) is 0 Å². The van der Waals surface area contributed by atoms with Crippen LogP contribution >= 0.6 is 0 Å². The van der Waals surface area contributed by atoms with Crippen LogP contribution in [0.3, 0.4) is 0 Å². The molecular formula is C22H21N2O3-. The number of benzene rings is 3. The van der Waals surface area contributed by atoms with Crippen molar-refractivity contribution in [2.24, 2.45) is 0 Å². The van der Waals surface area contributed by atoms with Crippen molar-refractivity contribution in [2.75, 3.05) is 18.7 Å². The lowest BCUT2D eigenvalue weighted by molar-refractivity contribution is -0.499.